The fourth-order valence-corrected chi connectivity index (χ4v) is 1.28. The van der Waals surface area contributed by atoms with Crippen molar-refractivity contribution < 1.29 is 20.1 Å². The first-order chi connectivity index (χ1) is 7.35. The van der Waals surface area contributed by atoms with Gasteiger partial charge in [0, 0.05) is 32.8 Å². The molecule has 0 spiro atoms. The summed E-state index contributed by atoms with van der Waals surface area (Å²) in [6.07, 6.45) is 1.46. The van der Waals surface area contributed by atoms with Crippen molar-refractivity contribution in [2.75, 3.05) is 52.7 Å². The molecule has 15 heavy (non-hydrogen) atoms. The van der Waals surface area contributed by atoms with Crippen LogP contribution in [0.3, 0.4) is 0 Å². The molecule has 0 saturated carbocycles. The van der Waals surface area contributed by atoms with E-state index in [4.69, 9.17) is 14.9 Å². The Morgan fingerprint density at radius 1 is 0.933 bits per heavy atom. The zero-order valence-electron chi connectivity index (χ0n) is 9.23. The molecule has 0 atom stereocenters. The lowest BCUT2D eigenvalue weighted by molar-refractivity contribution is 0.0495. The molecule has 0 aromatic heterocycles. The van der Waals surface area contributed by atoms with Crippen LogP contribution in [0.5, 0.6) is 0 Å². The number of ether oxygens (including phenoxy) is 1. The third kappa shape index (κ3) is 10.1. The molecule has 0 amide bonds. The highest BCUT2D eigenvalue weighted by atomic mass is 16.5. The van der Waals surface area contributed by atoms with Crippen molar-refractivity contribution in [3.8, 4) is 0 Å². The van der Waals surface area contributed by atoms with Gasteiger partial charge in [-0.15, -0.1) is 0 Å². The van der Waals surface area contributed by atoms with Crippen LogP contribution in [0.4, 0.5) is 0 Å². The van der Waals surface area contributed by atoms with Crippen LogP contribution in [0.1, 0.15) is 12.8 Å². The second kappa shape index (κ2) is 11.9. The van der Waals surface area contributed by atoms with Crippen LogP contribution < -0.4 is 0 Å². The average Bonchev–Trinajstić information content (AvgIpc) is 2.27. The van der Waals surface area contributed by atoms with E-state index < -0.39 is 0 Å². The van der Waals surface area contributed by atoms with E-state index in [9.17, 15) is 5.11 Å². The number of aliphatic hydroxyl groups is 2. The third-order valence-corrected chi connectivity index (χ3v) is 2.04. The molecule has 5 nitrogen and oxygen atoms in total. The van der Waals surface area contributed by atoms with Crippen molar-refractivity contribution in [3.63, 3.8) is 0 Å². The van der Waals surface area contributed by atoms with E-state index in [1.54, 1.807) is 0 Å². The van der Waals surface area contributed by atoms with E-state index in [0.717, 1.165) is 32.5 Å². The normalized spacial score (nSPS) is 11.2. The Kier molecular flexibility index (Phi) is 11.7. The number of hydrogen-bond acceptors (Lipinski definition) is 4. The fraction of sp³-hybridized carbons (Fsp3) is 1.00. The minimum atomic E-state index is -0.201. The van der Waals surface area contributed by atoms with Gasteiger partial charge in [-0.05, 0) is 12.8 Å². The molecule has 0 aromatic carbocycles. The molecule has 91 valence electrons. The van der Waals surface area contributed by atoms with Crippen molar-refractivity contribution in [3.05, 3.63) is 0 Å². The molecule has 0 saturated heterocycles. The number of aliphatic hydroxyl groups excluding tert-OH is 2. The quantitative estimate of drug-likeness (QED) is 0.460. The van der Waals surface area contributed by atoms with Gasteiger partial charge in [0.2, 0.25) is 0 Å². The Labute approximate surface area is 91.3 Å². The molecule has 5 heteroatoms. The second-order valence-electron chi connectivity index (χ2n) is 3.31. The highest BCUT2D eigenvalue weighted by Gasteiger charge is 2.03. The summed E-state index contributed by atoms with van der Waals surface area (Å²) in [5.74, 6) is 0. The lowest BCUT2D eigenvalue weighted by Crippen LogP contribution is -2.31. The van der Waals surface area contributed by atoms with Crippen molar-refractivity contribution >= 4 is 0 Å². The average molecular weight is 220 g/mol. The van der Waals surface area contributed by atoms with Crippen molar-refractivity contribution in [1.82, 2.24) is 4.90 Å². The summed E-state index contributed by atoms with van der Waals surface area (Å²) < 4.78 is 5.09. The van der Waals surface area contributed by atoms with Crippen LogP contribution in [0.25, 0.3) is 0 Å². The summed E-state index contributed by atoms with van der Waals surface area (Å²) >= 11 is 0. The molecular formula is C10H22NO4. The predicted octanol–water partition coefficient (Wildman–Crippen LogP) is -0.500. The number of rotatable bonds is 11. The van der Waals surface area contributed by atoms with E-state index in [1.165, 1.54) is 0 Å². The minimum absolute atomic E-state index is 0.178. The van der Waals surface area contributed by atoms with Gasteiger partial charge in [0.05, 0.1) is 13.2 Å². The van der Waals surface area contributed by atoms with Gasteiger partial charge in [-0.1, -0.05) is 0 Å². The maximum Gasteiger partial charge on any atom is 0.106 e. The molecule has 1 radical (unpaired) electrons. The lowest BCUT2D eigenvalue weighted by Gasteiger charge is -2.21. The largest absolute Gasteiger partial charge is 0.396 e. The van der Waals surface area contributed by atoms with Crippen molar-refractivity contribution in [1.29, 1.82) is 0 Å². The maximum atomic E-state index is 10.1. The smallest absolute Gasteiger partial charge is 0.106 e. The third-order valence-electron chi connectivity index (χ3n) is 2.04. The van der Waals surface area contributed by atoms with E-state index >= 15 is 0 Å². The van der Waals surface area contributed by atoms with E-state index in [-0.39, 0.29) is 26.4 Å². The summed E-state index contributed by atoms with van der Waals surface area (Å²) in [5.41, 5.74) is 0. The molecular weight excluding hydrogens is 198 g/mol. The standard InChI is InChI=1S/C10H22NO4/c12-6-1-3-11(4-2-7-13)5-9-15-10-8-14/h12-13H,1-10H2. The maximum absolute atomic E-state index is 10.1. The van der Waals surface area contributed by atoms with Gasteiger partial charge in [0.15, 0.2) is 0 Å². The summed E-state index contributed by atoms with van der Waals surface area (Å²) in [5, 5.41) is 27.5. The summed E-state index contributed by atoms with van der Waals surface area (Å²) in [6, 6.07) is 0. The van der Waals surface area contributed by atoms with Crippen LogP contribution in [-0.2, 0) is 9.84 Å². The predicted molar refractivity (Wildman–Crippen MR) is 56.2 cm³/mol. The zero-order chi connectivity index (χ0) is 11.4. The van der Waals surface area contributed by atoms with Crippen LogP contribution in [-0.4, -0.2) is 67.8 Å². The topological polar surface area (TPSA) is 72.8 Å². The molecule has 2 N–H and O–H groups in total. The minimum Gasteiger partial charge on any atom is -0.396 e. The Bertz CT molecular complexity index is 116. The van der Waals surface area contributed by atoms with E-state index in [0.29, 0.717) is 6.61 Å². The molecule has 0 aliphatic rings. The summed E-state index contributed by atoms with van der Waals surface area (Å²) in [4.78, 5) is 2.12. The van der Waals surface area contributed by atoms with Gasteiger partial charge in [-0.3, -0.25) is 0 Å². The molecule has 0 rings (SSSR count). The summed E-state index contributed by atoms with van der Waals surface area (Å²) in [6.45, 7) is 3.31. The molecule has 0 heterocycles. The van der Waals surface area contributed by atoms with Gasteiger partial charge >= 0.3 is 0 Å². The Morgan fingerprint density at radius 2 is 1.53 bits per heavy atom. The molecule has 0 bridgehead atoms. The fourth-order valence-electron chi connectivity index (χ4n) is 1.28. The van der Waals surface area contributed by atoms with Crippen LogP contribution >= 0.6 is 0 Å². The molecule has 0 fully saturated rings. The van der Waals surface area contributed by atoms with Gasteiger partial charge in [-0.2, -0.15) is 0 Å². The van der Waals surface area contributed by atoms with Gasteiger partial charge in [0.25, 0.3) is 0 Å². The van der Waals surface area contributed by atoms with Crippen molar-refractivity contribution in [2.24, 2.45) is 0 Å². The first-order valence-electron chi connectivity index (χ1n) is 5.45. The molecule has 0 aliphatic carbocycles. The molecule has 0 aliphatic heterocycles. The van der Waals surface area contributed by atoms with Crippen molar-refractivity contribution in [2.45, 2.75) is 12.8 Å². The Morgan fingerprint density at radius 3 is 2.00 bits per heavy atom. The highest BCUT2D eigenvalue weighted by molar-refractivity contribution is 4.57. The number of hydrogen-bond donors (Lipinski definition) is 2. The summed E-state index contributed by atoms with van der Waals surface area (Å²) in [7, 11) is 0. The second-order valence-corrected chi connectivity index (χ2v) is 3.31. The van der Waals surface area contributed by atoms with Crippen LogP contribution in [0.2, 0.25) is 0 Å². The van der Waals surface area contributed by atoms with Crippen LogP contribution in [0.15, 0.2) is 0 Å². The first kappa shape index (κ1) is 14.8. The number of nitrogens with zero attached hydrogens (tertiary/aromatic N) is 1. The van der Waals surface area contributed by atoms with Gasteiger partial charge in [0.1, 0.15) is 6.61 Å². The zero-order valence-corrected chi connectivity index (χ0v) is 9.23. The molecule has 0 unspecified atom stereocenters. The first-order valence-corrected chi connectivity index (χ1v) is 5.45. The molecule has 0 aromatic rings. The highest BCUT2D eigenvalue weighted by Crippen LogP contribution is 1.94. The Balaban J connectivity index is 3.49. The monoisotopic (exact) mass is 220 g/mol. The van der Waals surface area contributed by atoms with E-state index in [2.05, 4.69) is 4.90 Å². The van der Waals surface area contributed by atoms with E-state index in [1.807, 2.05) is 0 Å². The van der Waals surface area contributed by atoms with Gasteiger partial charge < -0.3 is 19.8 Å². The Hall–Kier alpha value is -0.200. The SMILES string of the molecule is [O]CCOCCN(CCCO)CCCO. The van der Waals surface area contributed by atoms with Crippen LogP contribution in [0, 0.1) is 0 Å². The van der Waals surface area contributed by atoms with Gasteiger partial charge in [-0.25, -0.2) is 5.11 Å². The lowest BCUT2D eigenvalue weighted by atomic mass is 10.3.